The summed E-state index contributed by atoms with van der Waals surface area (Å²) in [5.74, 6) is 1.35. The van der Waals surface area contributed by atoms with Crippen LogP contribution in [0.15, 0.2) is 36.5 Å². The van der Waals surface area contributed by atoms with Gasteiger partial charge in [0.05, 0.1) is 31.6 Å². The molecule has 162 valence electrons. The summed E-state index contributed by atoms with van der Waals surface area (Å²) in [4.78, 5) is 9.37. The van der Waals surface area contributed by atoms with Crippen molar-refractivity contribution in [3.63, 3.8) is 0 Å². The van der Waals surface area contributed by atoms with Crippen molar-refractivity contribution >= 4 is 0 Å². The molecule has 2 aliphatic rings. The van der Waals surface area contributed by atoms with Gasteiger partial charge in [0, 0.05) is 35.1 Å². The predicted molar refractivity (Wildman–Crippen MR) is 118 cm³/mol. The number of ether oxygens (including phenoxy) is 2. The van der Waals surface area contributed by atoms with E-state index in [0.717, 1.165) is 40.5 Å². The Labute approximate surface area is 182 Å². The van der Waals surface area contributed by atoms with Gasteiger partial charge in [0.15, 0.2) is 11.6 Å². The van der Waals surface area contributed by atoms with Crippen LogP contribution in [0, 0.1) is 18.7 Å². The number of fused-ring (bicyclic) bond motifs is 1. The third-order valence-corrected chi connectivity index (χ3v) is 6.31. The van der Waals surface area contributed by atoms with E-state index in [1.807, 2.05) is 19.2 Å². The summed E-state index contributed by atoms with van der Waals surface area (Å²) in [6, 6.07) is 9.12. The van der Waals surface area contributed by atoms with Crippen LogP contribution in [0.1, 0.15) is 37.6 Å². The van der Waals surface area contributed by atoms with Gasteiger partial charge in [0.1, 0.15) is 5.82 Å². The fourth-order valence-electron chi connectivity index (χ4n) is 4.37. The minimum Gasteiger partial charge on any atom is -0.490 e. The van der Waals surface area contributed by atoms with Crippen molar-refractivity contribution in [3.05, 3.63) is 53.7 Å². The van der Waals surface area contributed by atoms with Crippen LogP contribution in [0.4, 0.5) is 4.39 Å². The molecule has 3 aromatic rings. The molecule has 5 nitrogen and oxygen atoms in total. The Morgan fingerprint density at radius 1 is 1.19 bits per heavy atom. The molecule has 1 aliphatic carbocycles. The molecule has 1 aliphatic heterocycles. The van der Waals surface area contributed by atoms with E-state index in [4.69, 9.17) is 14.5 Å². The zero-order chi connectivity index (χ0) is 21.4. The molecule has 0 saturated heterocycles. The molecule has 1 aromatic carbocycles. The van der Waals surface area contributed by atoms with Crippen molar-refractivity contribution in [2.45, 2.75) is 52.2 Å². The van der Waals surface area contributed by atoms with E-state index in [-0.39, 0.29) is 11.9 Å². The number of hydrogen-bond acceptors (Lipinski definition) is 4. The van der Waals surface area contributed by atoms with Crippen LogP contribution in [0.3, 0.4) is 0 Å². The maximum absolute atomic E-state index is 14.5. The van der Waals surface area contributed by atoms with Crippen molar-refractivity contribution in [1.82, 2.24) is 14.5 Å². The molecule has 0 amide bonds. The Morgan fingerprint density at radius 2 is 2.06 bits per heavy atom. The van der Waals surface area contributed by atoms with Crippen LogP contribution >= 0.6 is 0 Å². The van der Waals surface area contributed by atoms with E-state index >= 15 is 0 Å². The lowest BCUT2D eigenvalue weighted by atomic mass is 9.86. The number of aromatic nitrogens is 3. The number of aryl methyl sites for hydroxylation is 1. The number of nitrogens with zero attached hydrogens (tertiary/aromatic N) is 3. The quantitative estimate of drug-likeness (QED) is 0.568. The smallest absolute Gasteiger partial charge is 0.165 e. The van der Waals surface area contributed by atoms with Gasteiger partial charge in [-0.3, -0.25) is 4.98 Å². The Bertz CT molecular complexity index is 1090. The molecule has 1 fully saturated rings. The molecule has 0 bridgehead atoms. The summed E-state index contributed by atoms with van der Waals surface area (Å²) < 4.78 is 28.5. The SMILES string of the molecule is Cc1cc(-c2nc(-c3ccc(F)c(OCC4CCC4)c3)n3c2CCO[C@H](C)C3)ccn1. The Balaban J connectivity index is 1.57. The number of imidazole rings is 1. The normalized spacial score (nSPS) is 18.9. The molecular formula is C25H28FN3O2. The first kappa shape index (κ1) is 20.2. The zero-order valence-corrected chi connectivity index (χ0v) is 18.1. The topological polar surface area (TPSA) is 49.2 Å². The van der Waals surface area contributed by atoms with Gasteiger partial charge in [-0.1, -0.05) is 6.42 Å². The number of rotatable bonds is 5. The highest BCUT2D eigenvalue weighted by molar-refractivity contribution is 5.69. The highest BCUT2D eigenvalue weighted by Crippen LogP contribution is 2.34. The molecule has 6 heteroatoms. The molecule has 2 aromatic heterocycles. The minimum absolute atomic E-state index is 0.0796. The van der Waals surface area contributed by atoms with E-state index in [1.54, 1.807) is 12.1 Å². The van der Waals surface area contributed by atoms with Gasteiger partial charge in [0.25, 0.3) is 0 Å². The van der Waals surface area contributed by atoms with Crippen LogP contribution in [0.2, 0.25) is 0 Å². The van der Waals surface area contributed by atoms with E-state index in [2.05, 4.69) is 22.5 Å². The van der Waals surface area contributed by atoms with E-state index < -0.39 is 0 Å². The summed E-state index contributed by atoms with van der Waals surface area (Å²) in [6.07, 6.45) is 6.25. The van der Waals surface area contributed by atoms with Crippen molar-refractivity contribution in [2.75, 3.05) is 13.2 Å². The standard InChI is InChI=1S/C25H28FN3O2/c1-16-12-19(8-10-27-16)24-22-9-11-30-17(2)14-29(22)25(28-24)20-6-7-21(26)23(13-20)31-15-18-4-3-5-18/h6-8,10,12-13,17-18H,3-5,9,11,14-15H2,1-2H3/t17-/m1/s1. The number of benzene rings is 1. The maximum Gasteiger partial charge on any atom is 0.165 e. The Hall–Kier alpha value is -2.73. The molecule has 31 heavy (non-hydrogen) atoms. The largest absolute Gasteiger partial charge is 0.490 e. The molecule has 1 atom stereocenters. The fraction of sp³-hybridized carbons (Fsp3) is 0.440. The van der Waals surface area contributed by atoms with Crippen LogP contribution in [-0.4, -0.2) is 33.9 Å². The van der Waals surface area contributed by atoms with Gasteiger partial charge in [-0.25, -0.2) is 9.37 Å². The number of halogens is 1. The van der Waals surface area contributed by atoms with Crippen LogP contribution in [0.5, 0.6) is 5.75 Å². The Kier molecular flexibility index (Phi) is 5.48. The lowest BCUT2D eigenvalue weighted by molar-refractivity contribution is 0.0666. The third kappa shape index (κ3) is 4.09. The van der Waals surface area contributed by atoms with Gasteiger partial charge in [-0.2, -0.15) is 0 Å². The third-order valence-electron chi connectivity index (χ3n) is 6.31. The summed E-state index contributed by atoms with van der Waals surface area (Å²) in [5, 5.41) is 0. The first-order valence-corrected chi connectivity index (χ1v) is 11.1. The average molecular weight is 422 g/mol. The van der Waals surface area contributed by atoms with Crippen molar-refractivity contribution in [3.8, 4) is 28.4 Å². The number of hydrogen-bond donors (Lipinski definition) is 0. The monoisotopic (exact) mass is 421 g/mol. The van der Waals surface area contributed by atoms with Crippen molar-refractivity contribution in [2.24, 2.45) is 5.92 Å². The van der Waals surface area contributed by atoms with Gasteiger partial charge < -0.3 is 14.0 Å². The minimum atomic E-state index is -0.326. The van der Waals surface area contributed by atoms with Crippen molar-refractivity contribution < 1.29 is 13.9 Å². The second-order valence-corrected chi connectivity index (χ2v) is 8.71. The van der Waals surface area contributed by atoms with E-state index in [9.17, 15) is 4.39 Å². The van der Waals surface area contributed by atoms with Crippen molar-refractivity contribution in [1.29, 1.82) is 0 Å². The molecule has 5 rings (SSSR count). The van der Waals surface area contributed by atoms with Gasteiger partial charge >= 0.3 is 0 Å². The highest BCUT2D eigenvalue weighted by atomic mass is 19.1. The van der Waals surface area contributed by atoms with Gasteiger partial charge in [-0.15, -0.1) is 0 Å². The molecule has 0 radical (unpaired) electrons. The Morgan fingerprint density at radius 3 is 2.84 bits per heavy atom. The van der Waals surface area contributed by atoms with Gasteiger partial charge in [-0.05, 0) is 62.9 Å². The molecule has 0 unspecified atom stereocenters. The van der Waals surface area contributed by atoms with E-state index in [1.165, 1.54) is 25.3 Å². The van der Waals surface area contributed by atoms with Crippen LogP contribution in [-0.2, 0) is 17.7 Å². The lowest BCUT2D eigenvalue weighted by Crippen LogP contribution is -2.19. The lowest BCUT2D eigenvalue weighted by Gasteiger charge is -2.25. The zero-order valence-electron chi connectivity index (χ0n) is 18.1. The molecule has 1 saturated carbocycles. The molecule has 0 N–H and O–H groups in total. The molecule has 0 spiro atoms. The van der Waals surface area contributed by atoms with E-state index in [0.29, 0.717) is 31.4 Å². The second kappa shape index (κ2) is 8.42. The first-order valence-electron chi connectivity index (χ1n) is 11.1. The highest BCUT2D eigenvalue weighted by Gasteiger charge is 2.25. The summed E-state index contributed by atoms with van der Waals surface area (Å²) >= 11 is 0. The van der Waals surface area contributed by atoms with Crippen LogP contribution in [0.25, 0.3) is 22.6 Å². The van der Waals surface area contributed by atoms with Crippen LogP contribution < -0.4 is 4.74 Å². The fourth-order valence-corrected chi connectivity index (χ4v) is 4.37. The summed E-state index contributed by atoms with van der Waals surface area (Å²) in [5.41, 5.74) is 4.94. The summed E-state index contributed by atoms with van der Waals surface area (Å²) in [7, 11) is 0. The average Bonchev–Trinajstić information content (AvgIpc) is 2.95. The molecular weight excluding hydrogens is 393 g/mol. The predicted octanol–water partition coefficient (Wildman–Crippen LogP) is 5.20. The number of pyridine rings is 1. The molecule has 3 heterocycles. The first-order chi connectivity index (χ1) is 15.1. The summed E-state index contributed by atoms with van der Waals surface area (Å²) in [6.45, 7) is 6.00. The maximum atomic E-state index is 14.5. The van der Waals surface area contributed by atoms with Gasteiger partial charge in [0.2, 0.25) is 0 Å². The second-order valence-electron chi connectivity index (χ2n) is 8.71.